The van der Waals surface area contributed by atoms with Crippen molar-refractivity contribution < 1.29 is 23.9 Å². The molecule has 2 N–H and O–H groups in total. The van der Waals surface area contributed by atoms with Gasteiger partial charge in [-0.3, -0.25) is 14.4 Å². The normalized spacial score (nSPS) is 22.6. The summed E-state index contributed by atoms with van der Waals surface area (Å²) in [5.41, 5.74) is -0.877. The second-order valence-corrected chi connectivity index (χ2v) is 7.35. The van der Waals surface area contributed by atoms with Gasteiger partial charge in [-0.05, 0) is 44.2 Å². The van der Waals surface area contributed by atoms with Crippen molar-refractivity contribution in [2.24, 2.45) is 5.41 Å². The molecule has 142 valence electrons. The molecular formula is C19H26N2O5. The van der Waals surface area contributed by atoms with Gasteiger partial charge in [-0.2, -0.15) is 0 Å². The lowest BCUT2D eigenvalue weighted by Crippen LogP contribution is -2.54. The molecule has 0 spiro atoms. The quantitative estimate of drug-likeness (QED) is 0.838. The Hall–Kier alpha value is -2.31. The van der Waals surface area contributed by atoms with E-state index >= 15 is 0 Å². The summed E-state index contributed by atoms with van der Waals surface area (Å²) in [7, 11) is 0. The lowest BCUT2D eigenvalue weighted by atomic mass is 9.74. The first-order valence-electron chi connectivity index (χ1n) is 9.39. The number of furan rings is 1. The molecule has 1 atom stereocenters. The first kappa shape index (κ1) is 18.5. The third kappa shape index (κ3) is 3.76. The second-order valence-electron chi connectivity index (χ2n) is 7.35. The van der Waals surface area contributed by atoms with E-state index in [2.05, 4.69) is 5.32 Å². The van der Waals surface area contributed by atoms with Crippen LogP contribution in [-0.2, 0) is 9.59 Å². The Morgan fingerprint density at radius 3 is 2.62 bits per heavy atom. The molecule has 2 fully saturated rings. The summed E-state index contributed by atoms with van der Waals surface area (Å²) in [4.78, 5) is 38.7. The number of likely N-dealkylation sites (tertiary alicyclic amines) is 1. The topological polar surface area (TPSA) is 99.9 Å². The number of amides is 2. The highest BCUT2D eigenvalue weighted by atomic mass is 16.4. The summed E-state index contributed by atoms with van der Waals surface area (Å²) in [6.45, 7) is 0.627. The lowest BCUT2D eigenvalue weighted by molar-refractivity contribution is -0.151. The van der Waals surface area contributed by atoms with Crippen LogP contribution in [0, 0.1) is 5.41 Å². The fourth-order valence-electron chi connectivity index (χ4n) is 4.06. The molecule has 1 aromatic heterocycles. The standard InChI is InChI=1S/C19H26N2O5/c22-16(20-13-19(18(24)25)9-3-1-4-10-19)14-7-2-5-11-21(14)17(23)15-8-6-12-26-15/h6,8,12,14H,1-5,7,9-11,13H2,(H,20,22)(H,24,25). The summed E-state index contributed by atoms with van der Waals surface area (Å²) in [5.74, 6) is -1.18. The molecule has 1 saturated heterocycles. The molecule has 0 bridgehead atoms. The van der Waals surface area contributed by atoms with E-state index in [1.54, 1.807) is 17.0 Å². The van der Waals surface area contributed by atoms with Crippen molar-refractivity contribution in [1.29, 1.82) is 0 Å². The zero-order valence-corrected chi connectivity index (χ0v) is 14.9. The van der Waals surface area contributed by atoms with Crippen molar-refractivity contribution in [3.05, 3.63) is 24.2 Å². The van der Waals surface area contributed by atoms with Crippen LogP contribution in [0.15, 0.2) is 22.8 Å². The van der Waals surface area contributed by atoms with Crippen molar-refractivity contribution in [2.75, 3.05) is 13.1 Å². The van der Waals surface area contributed by atoms with E-state index in [0.29, 0.717) is 25.8 Å². The van der Waals surface area contributed by atoms with Gasteiger partial charge in [0.15, 0.2) is 5.76 Å². The maximum Gasteiger partial charge on any atom is 0.311 e. The monoisotopic (exact) mass is 362 g/mol. The van der Waals surface area contributed by atoms with Crippen molar-refractivity contribution in [2.45, 2.75) is 57.4 Å². The van der Waals surface area contributed by atoms with Gasteiger partial charge in [0.05, 0.1) is 11.7 Å². The van der Waals surface area contributed by atoms with Gasteiger partial charge in [0, 0.05) is 13.1 Å². The number of hydrogen-bond donors (Lipinski definition) is 2. The predicted molar refractivity (Wildman–Crippen MR) is 93.5 cm³/mol. The van der Waals surface area contributed by atoms with Crippen LogP contribution < -0.4 is 5.32 Å². The molecule has 1 unspecified atom stereocenters. The third-order valence-electron chi connectivity index (χ3n) is 5.66. The molecule has 3 rings (SSSR count). The zero-order valence-electron chi connectivity index (χ0n) is 14.9. The van der Waals surface area contributed by atoms with E-state index < -0.39 is 17.4 Å². The molecule has 0 radical (unpaired) electrons. The number of carbonyl (C=O) groups excluding carboxylic acids is 2. The zero-order chi connectivity index (χ0) is 18.6. The van der Waals surface area contributed by atoms with Gasteiger partial charge >= 0.3 is 5.97 Å². The molecular weight excluding hydrogens is 336 g/mol. The van der Waals surface area contributed by atoms with Gasteiger partial charge in [0.1, 0.15) is 6.04 Å². The van der Waals surface area contributed by atoms with Crippen LogP contribution in [-0.4, -0.2) is 46.9 Å². The number of rotatable bonds is 5. The maximum atomic E-state index is 12.8. The smallest absolute Gasteiger partial charge is 0.311 e. The molecule has 7 nitrogen and oxygen atoms in total. The van der Waals surface area contributed by atoms with Crippen LogP contribution in [0.3, 0.4) is 0 Å². The van der Waals surface area contributed by atoms with Crippen LogP contribution >= 0.6 is 0 Å². The first-order chi connectivity index (χ1) is 12.5. The minimum absolute atomic E-state index is 0.125. The molecule has 7 heteroatoms. The number of piperidine rings is 1. The average molecular weight is 362 g/mol. The van der Waals surface area contributed by atoms with Gasteiger partial charge in [-0.1, -0.05) is 19.3 Å². The summed E-state index contributed by atoms with van der Waals surface area (Å²) in [5, 5.41) is 12.5. The van der Waals surface area contributed by atoms with E-state index in [4.69, 9.17) is 4.42 Å². The van der Waals surface area contributed by atoms with E-state index in [0.717, 1.165) is 32.1 Å². The van der Waals surface area contributed by atoms with Crippen molar-refractivity contribution >= 4 is 17.8 Å². The van der Waals surface area contributed by atoms with Crippen LogP contribution in [0.1, 0.15) is 61.9 Å². The van der Waals surface area contributed by atoms with E-state index in [1.807, 2.05) is 0 Å². The highest BCUT2D eigenvalue weighted by Gasteiger charge is 2.41. The van der Waals surface area contributed by atoms with Gasteiger partial charge < -0.3 is 19.7 Å². The number of hydrogen-bond acceptors (Lipinski definition) is 4. The van der Waals surface area contributed by atoms with E-state index in [9.17, 15) is 19.5 Å². The Labute approximate surface area is 152 Å². The summed E-state index contributed by atoms with van der Waals surface area (Å²) >= 11 is 0. The Morgan fingerprint density at radius 2 is 1.96 bits per heavy atom. The summed E-state index contributed by atoms with van der Waals surface area (Å²) in [6, 6.07) is 2.66. The molecule has 2 amide bonds. The minimum Gasteiger partial charge on any atom is -0.481 e. The Kier molecular flexibility index (Phi) is 5.64. The highest BCUT2D eigenvalue weighted by molar-refractivity contribution is 5.95. The van der Waals surface area contributed by atoms with Crippen molar-refractivity contribution in [3.8, 4) is 0 Å². The fraction of sp³-hybridized carbons (Fsp3) is 0.632. The van der Waals surface area contributed by atoms with Crippen molar-refractivity contribution in [1.82, 2.24) is 10.2 Å². The van der Waals surface area contributed by atoms with E-state index in [-0.39, 0.29) is 24.1 Å². The molecule has 2 heterocycles. The maximum absolute atomic E-state index is 12.8. The molecule has 1 aliphatic heterocycles. The molecule has 26 heavy (non-hydrogen) atoms. The lowest BCUT2D eigenvalue weighted by Gasteiger charge is -2.36. The number of carboxylic acid groups (broad SMARTS) is 1. The van der Waals surface area contributed by atoms with E-state index in [1.165, 1.54) is 6.26 Å². The van der Waals surface area contributed by atoms with Gasteiger partial charge in [0.2, 0.25) is 5.91 Å². The molecule has 2 aliphatic rings. The minimum atomic E-state index is -0.877. The molecule has 1 aliphatic carbocycles. The number of aliphatic carboxylic acids is 1. The number of carboxylic acids is 1. The third-order valence-corrected chi connectivity index (χ3v) is 5.66. The van der Waals surface area contributed by atoms with Gasteiger partial charge in [0.25, 0.3) is 5.91 Å². The average Bonchev–Trinajstić information content (AvgIpc) is 3.21. The summed E-state index contributed by atoms with van der Waals surface area (Å²) in [6.07, 6.45) is 7.68. The van der Waals surface area contributed by atoms with Gasteiger partial charge in [-0.25, -0.2) is 0 Å². The molecule has 1 aromatic rings. The number of nitrogens with one attached hydrogen (secondary N) is 1. The predicted octanol–water partition coefficient (Wildman–Crippen LogP) is 2.43. The highest BCUT2D eigenvalue weighted by Crippen LogP contribution is 2.36. The van der Waals surface area contributed by atoms with Crippen LogP contribution in [0.5, 0.6) is 0 Å². The van der Waals surface area contributed by atoms with Crippen LogP contribution in [0.25, 0.3) is 0 Å². The van der Waals surface area contributed by atoms with Crippen LogP contribution in [0.2, 0.25) is 0 Å². The molecule has 0 aromatic carbocycles. The van der Waals surface area contributed by atoms with Crippen molar-refractivity contribution in [3.63, 3.8) is 0 Å². The largest absolute Gasteiger partial charge is 0.481 e. The Balaban J connectivity index is 1.66. The SMILES string of the molecule is O=C(NCC1(C(=O)O)CCCCC1)C1CCCCN1C(=O)c1ccco1. The number of nitrogens with zero attached hydrogens (tertiary/aromatic N) is 1. The summed E-state index contributed by atoms with van der Waals surface area (Å²) < 4.78 is 5.18. The fourth-order valence-corrected chi connectivity index (χ4v) is 4.06. The second kappa shape index (κ2) is 7.93. The number of carbonyl (C=O) groups is 3. The first-order valence-corrected chi connectivity index (χ1v) is 9.39. The molecule has 1 saturated carbocycles. The van der Waals surface area contributed by atoms with Gasteiger partial charge in [-0.15, -0.1) is 0 Å². The van der Waals surface area contributed by atoms with Crippen LogP contribution in [0.4, 0.5) is 0 Å². The Morgan fingerprint density at radius 1 is 1.19 bits per heavy atom. The Bertz CT molecular complexity index is 649.